The number of rotatable bonds is 6. The Labute approximate surface area is 111 Å². The van der Waals surface area contributed by atoms with Crippen LogP contribution in [0.4, 0.5) is 0 Å². The molecule has 2 nitrogen and oxygen atoms in total. The summed E-state index contributed by atoms with van der Waals surface area (Å²) in [5.41, 5.74) is 2.98. The van der Waals surface area contributed by atoms with Crippen LogP contribution in [0.25, 0.3) is 0 Å². The third-order valence-corrected chi connectivity index (χ3v) is 4.13. The highest BCUT2D eigenvalue weighted by atomic mass is 14.9. The Morgan fingerprint density at radius 2 is 2.17 bits per heavy atom. The Bertz CT molecular complexity index is 381. The van der Waals surface area contributed by atoms with Crippen LogP contribution in [-0.4, -0.2) is 17.6 Å². The highest BCUT2D eigenvalue weighted by molar-refractivity contribution is 5.15. The summed E-state index contributed by atoms with van der Waals surface area (Å²) in [6, 6.07) is 4.93. The minimum absolute atomic E-state index is 0.524. The molecule has 0 radical (unpaired) electrons. The van der Waals surface area contributed by atoms with Gasteiger partial charge in [-0.1, -0.05) is 26.8 Å². The van der Waals surface area contributed by atoms with Crippen LogP contribution in [0.1, 0.15) is 44.9 Å². The molecule has 18 heavy (non-hydrogen) atoms. The molecular formula is C16H26N2. The van der Waals surface area contributed by atoms with Gasteiger partial charge in [0.25, 0.3) is 0 Å². The maximum Gasteiger partial charge on any atom is 0.0419 e. The molecule has 1 aliphatic rings. The van der Waals surface area contributed by atoms with E-state index in [0.29, 0.717) is 11.5 Å². The largest absolute Gasteiger partial charge is 0.313 e. The zero-order valence-electron chi connectivity index (χ0n) is 12.2. The molecule has 1 saturated carbocycles. The van der Waals surface area contributed by atoms with Gasteiger partial charge in [0.05, 0.1) is 0 Å². The lowest BCUT2D eigenvalue weighted by Gasteiger charge is -2.20. The quantitative estimate of drug-likeness (QED) is 0.832. The van der Waals surface area contributed by atoms with Crippen LogP contribution in [0.5, 0.6) is 0 Å². The molecule has 1 heterocycles. The molecular weight excluding hydrogens is 220 g/mol. The topological polar surface area (TPSA) is 24.9 Å². The van der Waals surface area contributed by atoms with Crippen LogP contribution in [0.3, 0.4) is 0 Å². The van der Waals surface area contributed by atoms with E-state index in [1.54, 1.807) is 0 Å². The second-order valence-corrected chi connectivity index (χ2v) is 6.39. The second kappa shape index (κ2) is 5.40. The van der Waals surface area contributed by atoms with Gasteiger partial charge in [-0.2, -0.15) is 0 Å². The average molecular weight is 246 g/mol. The maximum atomic E-state index is 4.54. The predicted octanol–water partition coefficient (Wildman–Crippen LogP) is 3.35. The molecule has 1 fully saturated rings. The maximum absolute atomic E-state index is 4.54. The van der Waals surface area contributed by atoms with E-state index in [0.717, 1.165) is 18.9 Å². The Morgan fingerprint density at radius 3 is 2.67 bits per heavy atom. The van der Waals surface area contributed by atoms with Gasteiger partial charge in [0.1, 0.15) is 0 Å². The van der Waals surface area contributed by atoms with Crippen molar-refractivity contribution in [3.63, 3.8) is 0 Å². The Kier molecular flexibility index (Phi) is 4.06. The SMILES string of the molecule is CCCNC(Cc1ccc(C)cn1)C1CC1(C)C. The van der Waals surface area contributed by atoms with Crippen molar-refractivity contribution in [3.05, 3.63) is 29.6 Å². The van der Waals surface area contributed by atoms with Crippen molar-refractivity contribution in [2.75, 3.05) is 6.54 Å². The van der Waals surface area contributed by atoms with Crippen molar-refractivity contribution >= 4 is 0 Å². The van der Waals surface area contributed by atoms with Crippen molar-refractivity contribution in [2.45, 2.75) is 53.0 Å². The van der Waals surface area contributed by atoms with Crippen LogP contribution < -0.4 is 5.32 Å². The molecule has 2 rings (SSSR count). The number of hydrogen-bond acceptors (Lipinski definition) is 2. The molecule has 2 unspecified atom stereocenters. The minimum Gasteiger partial charge on any atom is -0.313 e. The fraction of sp³-hybridized carbons (Fsp3) is 0.688. The second-order valence-electron chi connectivity index (χ2n) is 6.39. The summed E-state index contributed by atoms with van der Waals surface area (Å²) in [6.45, 7) is 10.2. The molecule has 2 atom stereocenters. The van der Waals surface area contributed by atoms with Crippen molar-refractivity contribution in [1.82, 2.24) is 10.3 Å². The molecule has 1 aromatic heterocycles. The zero-order chi connectivity index (χ0) is 13.2. The van der Waals surface area contributed by atoms with Gasteiger partial charge in [-0.25, -0.2) is 0 Å². The van der Waals surface area contributed by atoms with E-state index in [2.05, 4.69) is 50.1 Å². The van der Waals surface area contributed by atoms with E-state index < -0.39 is 0 Å². The van der Waals surface area contributed by atoms with E-state index in [4.69, 9.17) is 0 Å². The van der Waals surface area contributed by atoms with E-state index in [1.807, 2.05) is 6.20 Å². The molecule has 0 amide bonds. The number of nitrogens with zero attached hydrogens (tertiary/aromatic N) is 1. The van der Waals surface area contributed by atoms with Gasteiger partial charge in [0, 0.05) is 24.4 Å². The molecule has 2 heteroatoms. The lowest BCUT2D eigenvalue weighted by Crippen LogP contribution is -2.35. The lowest BCUT2D eigenvalue weighted by molar-refractivity contribution is 0.400. The summed E-state index contributed by atoms with van der Waals surface area (Å²) in [6.07, 6.45) is 5.59. The first-order valence-electron chi connectivity index (χ1n) is 7.18. The predicted molar refractivity (Wildman–Crippen MR) is 76.6 cm³/mol. The third kappa shape index (κ3) is 3.32. The summed E-state index contributed by atoms with van der Waals surface area (Å²) in [4.78, 5) is 4.54. The number of hydrogen-bond donors (Lipinski definition) is 1. The molecule has 1 aliphatic carbocycles. The van der Waals surface area contributed by atoms with Crippen LogP contribution in [0, 0.1) is 18.3 Å². The Hall–Kier alpha value is -0.890. The smallest absolute Gasteiger partial charge is 0.0419 e. The standard InChI is InChI=1S/C16H26N2/c1-5-8-17-15(14-10-16(14,3)4)9-13-7-6-12(2)11-18-13/h6-7,11,14-15,17H,5,8-10H2,1-4H3. The monoisotopic (exact) mass is 246 g/mol. The summed E-state index contributed by atoms with van der Waals surface area (Å²) in [5.74, 6) is 0.812. The van der Waals surface area contributed by atoms with Gasteiger partial charge >= 0.3 is 0 Å². The van der Waals surface area contributed by atoms with Crippen LogP contribution in [-0.2, 0) is 6.42 Å². The van der Waals surface area contributed by atoms with Gasteiger partial charge in [-0.15, -0.1) is 0 Å². The molecule has 0 aromatic carbocycles. The molecule has 0 aliphatic heterocycles. The van der Waals surface area contributed by atoms with Crippen LogP contribution >= 0.6 is 0 Å². The third-order valence-electron chi connectivity index (χ3n) is 4.13. The number of aromatic nitrogens is 1. The highest BCUT2D eigenvalue weighted by Gasteiger charge is 2.49. The normalized spacial score (nSPS) is 22.8. The van der Waals surface area contributed by atoms with E-state index in [1.165, 1.54) is 24.1 Å². The number of aryl methyl sites for hydroxylation is 1. The van der Waals surface area contributed by atoms with Gasteiger partial charge < -0.3 is 5.32 Å². The molecule has 0 spiro atoms. The summed E-state index contributed by atoms with van der Waals surface area (Å²) in [7, 11) is 0. The fourth-order valence-corrected chi connectivity index (χ4v) is 2.73. The van der Waals surface area contributed by atoms with Gasteiger partial charge in [-0.05, 0) is 49.3 Å². The Morgan fingerprint density at radius 1 is 1.44 bits per heavy atom. The molecule has 0 bridgehead atoms. The summed E-state index contributed by atoms with van der Waals surface area (Å²) < 4.78 is 0. The zero-order valence-corrected chi connectivity index (χ0v) is 12.2. The van der Waals surface area contributed by atoms with Gasteiger partial charge in [0.2, 0.25) is 0 Å². The van der Waals surface area contributed by atoms with Gasteiger partial charge in [-0.3, -0.25) is 4.98 Å². The minimum atomic E-state index is 0.524. The van der Waals surface area contributed by atoms with E-state index in [9.17, 15) is 0 Å². The van der Waals surface area contributed by atoms with Crippen molar-refractivity contribution in [1.29, 1.82) is 0 Å². The van der Waals surface area contributed by atoms with Crippen LogP contribution in [0.2, 0.25) is 0 Å². The number of pyridine rings is 1. The first kappa shape index (κ1) is 13.5. The number of nitrogens with one attached hydrogen (secondary N) is 1. The molecule has 0 saturated heterocycles. The van der Waals surface area contributed by atoms with Gasteiger partial charge in [0.15, 0.2) is 0 Å². The molecule has 100 valence electrons. The van der Waals surface area contributed by atoms with Crippen molar-refractivity contribution in [2.24, 2.45) is 11.3 Å². The first-order valence-corrected chi connectivity index (χ1v) is 7.18. The first-order chi connectivity index (χ1) is 8.53. The average Bonchev–Trinajstić information content (AvgIpc) is 2.96. The lowest BCUT2D eigenvalue weighted by atomic mass is 9.99. The summed E-state index contributed by atoms with van der Waals surface area (Å²) in [5, 5.41) is 3.71. The van der Waals surface area contributed by atoms with Crippen molar-refractivity contribution in [3.8, 4) is 0 Å². The molecule has 1 N–H and O–H groups in total. The summed E-state index contributed by atoms with van der Waals surface area (Å²) >= 11 is 0. The van der Waals surface area contributed by atoms with Crippen molar-refractivity contribution < 1.29 is 0 Å². The highest BCUT2D eigenvalue weighted by Crippen LogP contribution is 2.53. The van der Waals surface area contributed by atoms with Crippen LogP contribution in [0.15, 0.2) is 18.3 Å². The Balaban J connectivity index is 1.99. The van der Waals surface area contributed by atoms with E-state index >= 15 is 0 Å². The molecule has 1 aromatic rings. The fourth-order valence-electron chi connectivity index (χ4n) is 2.73. The van der Waals surface area contributed by atoms with E-state index in [-0.39, 0.29) is 0 Å².